The first kappa shape index (κ1) is 13.0. The van der Waals surface area contributed by atoms with Crippen LogP contribution in [0.4, 0.5) is 5.13 Å². The van der Waals surface area contributed by atoms with Crippen molar-refractivity contribution in [3.63, 3.8) is 0 Å². The van der Waals surface area contributed by atoms with Gasteiger partial charge in [0.15, 0.2) is 5.01 Å². The van der Waals surface area contributed by atoms with Crippen molar-refractivity contribution in [1.29, 1.82) is 0 Å². The summed E-state index contributed by atoms with van der Waals surface area (Å²) in [5.74, 6) is -0.753. The molecule has 0 aliphatic rings. The zero-order valence-electron chi connectivity index (χ0n) is 7.99. The molecule has 2 aromatic heterocycles. The lowest BCUT2D eigenvalue weighted by Crippen LogP contribution is -2.26. The molecule has 0 aromatic carbocycles. The Morgan fingerprint density at radius 1 is 1.35 bits per heavy atom. The van der Waals surface area contributed by atoms with Crippen molar-refractivity contribution in [3.8, 4) is 9.88 Å². The molecular weight excluding hydrogens is 325 g/mol. The number of thiophene rings is 1. The molecular formula is C8H4Cl3N3OS2. The number of nitrogens with zero attached hydrogens (tertiary/aromatic N) is 2. The van der Waals surface area contributed by atoms with Gasteiger partial charge in [0.2, 0.25) is 5.13 Å². The van der Waals surface area contributed by atoms with Gasteiger partial charge in [0.1, 0.15) is 0 Å². The number of hydrogen-bond acceptors (Lipinski definition) is 5. The van der Waals surface area contributed by atoms with Gasteiger partial charge in [-0.05, 0) is 11.4 Å². The van der Waals surface area contributed by atoms with Gasteiger partial charge in [-0.1, -0.05) is 52.2 Å². The number of carbonyl (C=O) groups is 1. The van der Waals surface area contributed by atoms with Crippen LogP contribution < -0.4 is 5.32 Å². The second-order valence-electron chi connectivity index (χ2n) is 2.84. The van der Waals surface area contributed by atoms with E-state index < -0.39 is 9.70 Å². The summed E-state index contributed by atoms with van der Waals surface area (Å²) in [4.78, 5) is 12.3. The smallest absolute Gasteiger partial charge is 0.278 e. The minimum absolute atomic E-state index is 0.296. The maximum atomic E-state index is 11.4. The van der Waals surface area contributed by atoms with E-state index in [-0.39, 0.29) is 0 Å². The van der Waals surface area contributed by atoms with Crippen molar-refractivity contribution in [2.75, 3.05) is 5.32 Å². The van der Waals surface area contributed by atoms with Crippen LogP contribution in [0.3, 0.4) is 0 Å². The highest BCUT2D eigenvalue weighted by atomic mass is 35.6. The summed E-state index contributed by atoms with van der Waals surface area (Å²) in [7, 11) is 0. The molecule has 1 amide bonds. The van der Waals surface area contributed by atoms with Gasteiger partial charge in [0.05, 0.1) is 4.88 Å². The van der Waals surface area contributed by atoms with E-state index in [2.05, 4.69) is 15.5 Å². The fourth-order valence-electron chi connectivity index (χ4n) is 0.942. The van der Waals surface area contributed by atoms with Crippen LogP contribution in [-0.4, -0.2) is 19.9 Å². The molecule has 1 N–H and O–H groups in total. The van der Waals surface area contributed by atoms with Crippen molar-refractivity contribution in [2.24, 2.45) is 0 Å². The predicted molar refractivity (Wildman–Crippen MR) is 72.1 cm³/mol. The minimum Gasteiger partial charge on any atom is -0.297 e. The normalized spacial score (nSPS) is 11.5. The number of anilines is 1. The Balaban J connectivity index is 2.12. The maximum absolute atomic E-state index is 11.4. The first-order chi connectivity index (χ1) is 7.97. The molecule has 17 heavy (non-hydrogen) atoms. The third-order valence-corrected chi connectivity index (χ3v) is 4.03. The van der Waals surface area contributed by atoms with Crippen LogP contribution >= 0.6 is 57.5 Å². The summed E-state index contributed by atoms with van der Waals surface area (Å²) in [6, 6.07) is 3.81. The quantitative estimate of drug-likeness (QED) is 0.857. The minimum atomic E-state index is -2.01. The van der Waals surface area contributed by atoms with E-state index in [1.807, 2.05) is 17.5 Å². The van der Waals surface area contributed by atoms with Crippen LogP contribution in [0.5, 0.6) is 0 Å². The Labute approximate surface area is 120 Å². The molecule has 0 radical (unpaired) electrons. The third kappa shape index (κ3) is 3.29. The fraction of sp³-hybridized carbons (Fsp3) is 0.125. The Morgan fingerprint density at radius 3 is 2.71 bits per heavy atom. The van der Waals surface area contributed by atoms with Crippen molar-refractivity contribution in [2.45, 2.75) is 3.79 Å². The summed E-state index contributed by atoms with van der Waals surface area (Å²) in [6.07, 6.45) is 0. The highest BCUT2D eigenvalue weighted by molar-refractivity contribution is 7.23. The lowest BCUT2D eigenvalue weighted by Gasteiger charge is -2.07. The Kier molecular flexibility index (Phi) is 3.89. The predicted octanol–water partition coefficient (Wildman–Crippen LogP) is 3.58. The standard InChI is InChI=1S/C8H4Cl3N3OS2/c9-8(10,11)6(15)12-7-14-13-5(17-7)4-2-1-3-16-4/h1-3H,(H,12,14,15). The number of nitrogens with one attached hydrogen (secondary N) is 1. The molecule has 0 atom stereocenters. The lowest BCUT2D eigenvalue weighted by atomic mass is 10.5. The van der Waals surface area contributed by atoms with Crippen LogP contribution in [0.15, 0.2) is 17.5 Å². The molecule has 0 bridgehead atoms. The van der Waals surface area contributed by atoms with Crippen LogP contribution in [0.2, 0.25) is 0 Å². The van der Waals surface area contributed by atoms with Crippen molar-refractivity contribution >= 4 is 68.5 Å². The van der Waals surface area contributed by atoms with E-state index >= 15 is 0 Å². The number of hydrogen-bond donors (Lipinski definition) is 1. The molecule has 4 nitrogen and oxygen atoms in total. The van der Waals surface area contributed by atoms with Gasteiger partial charge in [-0.3, -0.25) is 10.1 Å². The van der Waals surface area contributed by atoms with Gasteiger partial charge < -0.3 is 0 Å². The SMILES string of the molecule is O=C(Nc1nnc(-c2cccs2)s1)C(Cl)(Cl)Cl. The second-order valence-corrected chi connectivity index (χ2v) is 7.05. The van der Waals surface area contributed by atoms with E-state index in [1.54, 1.807) is 0 Å². The van der Waals surface area contributed by atoms with Crippen molar-refractivity contribution in [3.05, 3.63) is 17.5 Å². The van der Waals surface area contributed by atoms with E-state index in [0.717, 1.165) is 4.88 Å². The Bertz CT molecular complexity index is 520. The van der Waals surface area contributed by atoms with Gasteiger partial charge in [0, 0.05) is 0 Å². The first-order valence-corrected chi connectivity index (χ1v) is 7.05. The average molecular weight is 329 g/mol. The van der Waals surface area contributed by atoms with E-state index in [0.29, 0.717) is 10.1 Å². The van der Waals surface area contributed by atoms with Gasteiger partial charge in [-0.2, -0.15) is 0 Å². The number of halogens is 3. The number of alkyl halides is 3. The number of rotatable bonds is 2. The fourth-order valence-corrected chi connectivity index (χ4v) is 2.61. The van der Waals surface area contributed by atoms with Crippen LogP contribution in [-0.2, 0) is 4.79 Å². The summed E-state index contributed by atoms with van der Waals surface area (Å²) in [6.45, 7) is 0. The molecule has 2 rings (SSSR count). The average Bonchev–Trinajstić information content (AvgIpc) is 2.83. The van der Waals surface area contributed by atoms with Crippen molar-refractivity contribution < 1.29 is 4.79 Å². The van der Waals surface area contributed by atoms with Crippen LogP contribution in [0.1, 0.15) is 0 Å². The highest BCUT2D eigenvalue weighted by Crippen LogP contribution is 2.32. The lowest BCUT2D eigenvalue weighted by molar-refractivity contribution is -0.115. The Morgan fingerprint density at radius 2 is 2.12 bits per heavy atom. The molecule has 0 fully saturated rings. The first-order valence-electron chi connectivity index (χ1n) is 4.22. The van der Waals surface area contributed by atoms with Crippen LogP contribution in [0, 0.1) is 0 Å². The molecule has 90 valence electrons. The van der Waals surface area contributed by atoms with Crippen LogP contribution in [0.25, 0.3) is 9.88 Å². The number of amides is 1. The molecule has 0 aliphatic carbocycles. The van der Waals surface area contributed by atoms with Gasteiger partial charge >= 0.3 is 0 Å². The molecule has 0 saturated carbocycles. The van der Waals surface area contributed by atoms with Gasteiger partial charge in [-0.25, -0.2) is 0 Å². The summed E-state index contributed by atoms with van der Waals surface area (Å²) >= 11 is 19.0. The van der Waals surface area contributed by atoms with E-state index in [9.17, 15) is 4.79 Å². The topological polar surface area (TPSA) is 54.9 Å². The summed E-state index contributed by atoms with van der Waals surface area (Å²) < 4.78 is -2.01. The Hall–Kier alpha value is -0.400. The van der Waals surface area contributed by atoms with Crippen molar-refractivity contribution in [1.82, 2.24) is 10.2 Å². The number of carbonyl (C=O) groups excluding carboxylic acids is 1. The van der Waals surface area contributed by atoms with Gasteiger partial charge in [-0.15, -0.1) is 21.5 Å². The number of aromatic nitrogens is 2. The highest BCUT2D eigenvalue weighted by Gasteiger charge is 2.31. The maximum Gasteiger partial charge on any atom is 0.278 e. The summed E-state index contributed by atoms with van der Waals surface area (Å²) in [5, 5.41) is 13.0. The largest absolute Gasteiger partial charge is 0.297 e. The second kappa shape index (κ2) is 5.07. The zero-order valence-corrected chi connectivity index (χ0v) is 11.9. The molecule has 9 heteroatoms. The molecule has 0 unspecified atom stereocenters. The summed E-state index contributed by atoms with van der Waals surface area (Å²) in [5.41, 5.74) is 0. The van der Waals surface area contributed by atoms with E-state index in [4.69, 9.17) is 34.8 Å². The van der Waals surface area contributed by atoms with E-state index in [1.165, 1.54) is 22.7 Å². The molecule has 0 saturated heterocycles. The van der Waals surface area contributed by atoms with Gasteiger partial charge in [0.25, 0.3) is 9.70 Å². The molecule has 2 aromatic rings. The molecule has 2 heterocycles. The third-order valence-electron chi connectivity index (χ3n) is 1.63. The molecule has 0 aliphatic heterocycles. The zero-order chi connectivity index (χ0) is 12.5. The monoisotopic (exact) mass is 327 g/mol. The molecule has 0 spiro atoms.